The zero-order chi connectivity index (χ0) is 15.1. The molecule has 0 fully saturated rings. The van der Waals surface area contributed by atoms with Gasteiger partial charge in [0.05, 0.1) is 4.88 Å². The third kappa shape index (κ3) is 1.93. The van der Waals surface area contributed by atoms with E-state index in [-0.39, 0.29) is 5.82 Å². The van der Waals surface area contributed by atoms with E-state index in [1.807, 2.05) is 17.5 Å². The van der Waals surface area contributed by atoms with E-state index in [0.717, 1.165) is 4.88 Å². The molecule has 0 bridgehead atoms. The molecule has 0 saturated heterocycles. The molecule has 0 atom stereocenters. The summed E-state index contributed by atoms with van der Waals surface area (Å²) in [6.07, 6.45) is 0. The number of imidazole rings is 1. The van der Waals surface area contributed by atoms with Gasteiger partial charge in [-0.2, -0.15) is 14.9 Å². The van der Waals surface area contributed by atoms with Crippen LogP contribution in [0.5, 0.6) is 0 Å². The average molecular weight is 326 g/mol. The Labute approximate surface area is 132 Å². The largest absolute Gasteiger partial charge is 0.215 e. The number of rotatable bonds is 2. The molecule has 4 rings (SSSR count). The maximum atomic E-state index is 13.9. The first-order valence-electron chi connectivity index (χ1n) is 6.36. The lowest BCUT2D eigenvalue weighted by molar-refractivity contribution is 0.631. The minimum absolute atomic E-state index is 0.337. The summed E-state index contributed by atoms with van der Waals surface area (Å²) >= 11 is 2.78. The van der Waals surface area contributed by atoms with E-state index in [1.165, 1.54) is 33.3 Å². The van der Waals surface area contributed by atoms with Crippen LogP contribution in [0.1, 0.15) is 5.69 Å². The van der Waals surface area contributed by atoms with Gasteiger partial charge in [-0.15, -0.1) is 11.3 Å². The topological polar surface area (TPSA) is 54.0 Å². The minimum Gasteiger partial charge on any atom is -0.215 e. The summed E-state index contributed by atoms with van der Waals surface area (Å²) in [7, 11) is 0. The fourth-order valence-corrected chi connectivity index (χ4v) is 3.82. The third-order valence-electron chi connectivity index (χ3n) is 3.17. The van der Waals surface area contributed by atoms with Crippen LogP contribution < -0.4 is 0 Å². The Hall–Kier alpha value is -2.56. The lowest BCUT2D eigenvalue weighted by Crippen LogP contribution is -1.91. The van der Waals surface area contributed by atoms with Gasteiger partial charge in [0.15, 0.2) is 10.7 Å². The van der Waals surface area contributed by atoms with Gasteiger partial charge in [0, 0.05) is 5.56 Å². The van der Waals surface area contributed by atoms with Crippen molar-refractivity contribution in [3.8, 4) is 27.2 Å². The van der Waals surface area contributed by atoms with Crippen molar-refractivity contribution < 1.29 is 4.39 Å². The SMILES string of the molecule is N#Cc1c(-c2cccs2)nc2sc(-c3ccccc3F)nn12. The molecule has 0 amide bonds. The highest BCUT2D eigenvalue weighted by molar-refractivity contribution is 7.20. The number of hydrogen-bond acceptors (Lipinski definition) is 5. The number of thiophene rings is 1. The second-order valence-corrected chi connectivity index (χ2v) is 6.38. The van der Waals surface area contributed by atoms with Gasteiger partial charge in [-0.05, 0) is 23.6 Å². The quantitative estimate of drug-likeness (QED) is 0.555. The van der Waals surface area contributed by atoms with Crippen molar-refractivity contribution in [2.45, 2.75) is 0 Å². The van der Waals surface area contributed by atoms with Gasteiger partial charge in [0.2, 0.25) is 4.96 Å². The molecule has 4 aromatic rings. The Morgan fingerprint density at radius 1 is 1.18 bits per heavy atom. The van der Waals surface area contributed by atoms with Crippen molar-refractivity contribution >= 4 is 27.6 Å². The van der Waals surface area contributed by atoms with E-state index in [9.17, 15) is 9.65 Å². The van der Waals surface area contributed by atoms with Crippen LogP contribution in [0.25, 0.3) is 26.1 Å². The zero-order valence-electron chi connectivity index (χ0n) is 11.0. The molecule has 0 N–H and O–H groups in total. The molecule has 7 heteroatoms. The molecule has 22 heavy (non-hydrogen) atoms. The zero-order valence-corrected chi connectivity index (χ0v) is 12.7. The van der Waals surface area contributed by atoms with Crippen molar-refractivity contribution in [1.29, 1.82) is 5.26 Å². The van der Waals surface area contributed by atoms with E-state index in [2.05, 4.69) is 16.2 Å². The first-order chi connectivity index (χ1) is 10.8. The average Bonchev–Trinajstić information content (AvgIpc) is 3.22. The van der Waals surface area contributed by atoms with Crippen LogP contribution in [0, 0.1) is 17.1 Å². The molecule has 0 radical (unpaired) electrons. The molecule has 0 aliphatic carbocycles. The number of benzene rings is 1. The summed E-state index contributed by atoms with van der Waals surface area (Å²) in [6, 6.07) is 12.4. The fraction of sp³-hybridized carbons (Fsp3) is 0. The Bertz CT molecular complexity index is 1010. The first-order valence-corrected chi connectivity index (χ1v) is 8.06. The highest BCUT2D eigenvalue weighted by Gasteiger charge is 2.19. The summed E-state index contributed by atoms with van der Waals surface area (Å²) in [4.78, 5) is 5.99. The normalized spacial score (nSPS) is 10.9. The van der Waals surface area contributed by atoms with E-state index >= 15 is 0 Å². The molecule has 0 saturated carbocycles. The lowest BCUT2D eigenvalue weighted by atomic mass is 10.2. The standard InChI is InChI=1S/C15H7FN4S2/c16-10-5-2-1-4-9(10)14-19-20-11(8-17)13(18-15(20)22-14)12-6-3-7-21-12/h1-7H. The summed E-state index contributed by atoms with van der Waals surface area (Å²) in [6.45, 7) is 0. The summed E-state index contributed by atoms with van der Waals surface area (Å²) in [5, 5.41) is 16.2. The van der Waals surface area contributed by atoms with Gasteiger partial charge in [-0.1, -0.05) is 29.5 Å². The van der Waals surface area contributed by atoms with Gasteiger partial charge >= 0.3 is 0 Å². The van der Waals surface area contributed by atoms with E-state index in [0.29, 0.717) is 26.9 Å². The third-order valence-corrected chi connectivity index (χ3v) is 4.99. The van der Waals surface area contributed by atoms with Crippen LogP contribution in [-0.4, -0.2) is 14.6 Å². The van der Waals surface area contributed by atoms with E-state index < -0.39 is 0 Å². The monoisotopic (exact) mass is 326 g/mol. The Morgan fingerprint density at radius 3 is 2.77 bits per heavy atom. The number of hydrogen-bond donors (Lipinski definition) is 0. The number of nitrogens with zero attached hydrogens (tertiary/aromatic N) is 4. The molecule has 0 aliphatic heterocycles. The van der Waals surface area contributed by atoms with Crippen molar-refractivity contribution in [3.63, 3.8) is 0 Å². The molecule has 106 valence electrons. The molecule has 0 spiro atoms. The first kappa shape index (κ1) is 13.1. The fourth-order valence-electron chi connectivity index (χ4n) is 2.18. The molecule has 0 unspecified atom stereocenters. The van der Waals surface area contributed by atoms with Gasteiger partial charge in [0.25, 0.3) is 0 Å². The Balaban J connectivity index is 1.92. The van der Waals surface area contributed by atoms with Crippen molar-refractivity contribution in [3.05, 3.63) is 53.3 Å². The Morgan fingerprint density at radius 2 is 2.05 bits per heavy atom. The summed E-state index contributed by atoms with van der Waals surface area (Å²) < 4.78 is 15.4. The highest BCUT2D eigenvalue weighted by atomic mass is 32.1. The Kier molecular flexibility index (Phi) is 2.99. The predicted octanol–water partition coefficient (Wildman–Crippen LogP) is 4.20. The molecule has 3 aromatic heterocycles. The van der Waals surface area contributed by atoms with Crippen LogP contribution in [-0.2, 0) is 0 Å². The number of nitriles is 1. The number of fused-ring (bicyclic) bond motifs is 1. The number of halogens is 1. The van der Waals surface area contributed by atoms with Gasteiger partial charge in [-0.3, -0.25) is 0 Å². The predicted molar refractivity (Wildman–Crippen MR) is 84.3 cm³/mol. The van der Waals surface area contributed by atoms with Crippen LogP contribution >= 0.6 is 22.7 Å². The maximum absolute atomic E-state index is 13.9. The van der Waals surface area contributed by atoms with Crippen LogP contribution in [0.3, 0.4) is 0 Å². The maximum Gasteiger partial charge on any atom is 0.214 e. The lowest BCUT2D eigenvalue weighted by Gasteiger charge is -1.96. The summed E-state index contributed by atoms with van der Waals surface area (Å²) in [5.74, 6) is -0.337. The molecule has 0 aliphatic rings. The van der Waals surface area contributed by atoms with Crippen molar-refractivity contribution in [2.24, 2.45) is 0 Å². The highest BCUT2D eigenvalue weighted by Crippen LogP contribution is 2.33. The number of aromatic nitrogens is 3. The molecular weight excluding hydrogens is 319 g/mol. The molecular formula is C15H7FN4S2. The smallest absolute Gasteiger partial charge is 0.214 e. The van der Waals surface area contributed by atoms with Crippen molar-refractivity contribution in [1.82, 2.24) is 14.6 Å². The van der Waals surface area contributed by atoms with Gasteiger partial charge < -0.3 is 0 Å². The molecule has 4 nitrogen and oxygen atoms in total. The molecule has 1 aromatic carbocycles. The van der Waals surface area contributed by atoms with Crippen LogP contribution in [0.2, 0.25) is 0 Å². The second kappa shape index (κ2) is 5.02. The summed E-state index contributed by atoms with van der Waals surface area (Å²) in [5.41, 5.74) is 1.41. The molecule has 3 heterocycles. The van der Waals surface area contributed by atoms with Crippen molar-refractivity contribution in [2.75, 3.05) is 0 Å². The van der Waals surface area contributed by atoms with Gasteiger partial charge in [-0.25, -0.2) is 9.37 Å². The van der Waals surface area contributed by atoms with Crippen LogP contribution in [0.4, 0.5) is 4.39 Å². The minimum atomic E-state index is -0.337. The van der Waals surface area contributed by atoms with Gasteiger partial charge in [0.1, 0.15) is 17.6 Å². The van der Waals surface area contributed by atoms with Crippen LogP contribution in [0.15, 0.2) is 41.8 Å². The van der Waals surface area contributed by atoms with E-state index in [4.69, 9.17) is 0 Å². The second-order valence-electron chi connectivity index (χ2n) is 4.48. The van der Waals surface area contributed by atoms with E-state index in [1.54, 1.807) is 18.2 Å².